The average molecular weight is 408 g/mol. The summed E-state index contributed by atoms with van der Waals surface area (Å²) in [5.74, 6) is 0.237. The molecule has 2 heterocycles. The van der Waals surface area contributed by atoms with Crippen molar-refractivity contribution in [2.24, 2.45) is 5.92 Å². The summed E-state index contributed by atoms with van der Waals surface area (Å²) < 4.78 is 5.23. The third-order valence-electron chi connectivity index (χ3n) is 7.13. The van der Waals surface area contributed by atoms with Crippen LogP contribution in [0.2, 0.25) is 5.02 Å². The molecule has 1 aliphatic carbocycles. The van der Waals surface area contributed by atoms with Gasteiger partial charge in [-0.15, -0.1) is 0 Å². The van der Waals surface area contributed by atoms with E-state index in [1.165, 1.54) is 31.1 Å². The normalized spacial score (nSPS) is 30.7. The molecular formula is C25H26ClNO2. The highest BCUT2D eigenvalue weighted by atomic mass is 35.5. The Morgan fingerprint density at radius 2 is 1.90 bits per heavy atom. The SMILES string of the molecule is COC(=O)[C@]1(c2ccccc2)C[C@@H]1CN1C2C=C(c3ccc(Cl)cc3)CC1CC2. The Hall–Kier alpha value is -2.10. The van der Waals surface area contributed by atoms with E-state index in [9.17, 15) is 4.79 Å². The fourth-order valence-electron chi connectivity index (χ4n) is 5.52. The van der Waals surface area contributed by atoms with Gasteiger partial charge in [0.05, 0.1) is 12.5 Å². The molecule has 0 spiro atoms. The molecule has 2 fully saturated rings. The summed E-state index contributed by atoms with van der Waals surface area (Å²) >= 11 is 6.06. The van der Waals surface area contributed by atoms with E-state index in [1.54, 1.807) is 0 Å². The first kappa shape index (κ1) is 18.9. The van der Waals surface area contributed by atoms with Gasteiger partial charge < -0.3 is 4.74 Å². The van der Waals surface area contributed by atoms with Crippen molar-refractivity contribution in [2.45, 2.75) is 43.2 Å². The van der Waals surface area contributed by atoms with Gasteiger partial charge >= 0.3 is 5.97 Å². The lowest BCUT2D eigenvalue weighted by Crippen LogP contribution is -2.41. The number of hydrogen-bond acceptors (Lipinski definition) is 3. The molecule has 0 amide bonds. The minimum absolute atomic E-state index is 0.0875. The summed E-state index contributed by atoms with van der Waals surface area (Å²) in [7, 11) is 1.51. The number of hydrogen-bond donors (Lipinski definition) is 0. The molecule has 0 N–H and O–H groups in total. The second-order valence-electron chi connectivity index (χ2n) is 8.63. The van der Waals surface area contributed by atoms with Crippen LogP contribution in [0.3, 0.4) is 0 Å². The maximum absolute atomic E-state index is 12.7. The van der Waals surface area contributed by atoms with Gasteiger partial charge in [-0.1, -0.05) is 60.1 Å². The summed E-state index contributed by atoms with van der Waals surface area (Å²) in [5.41, 5.74) is 3.35. The number of esters is 1. The number of fused-ring (bicyclic) bond motifs is 2. The second-order valence-corrected chi connectivity index (χ2v) is 9.06. The summed E-state index contributed by atoms with van der Waals surface area (Å²) in [6.07, 6.45) is 6.82. The number of methoxy groups -OCH3 is 1. The molecule has 29 heavy (non-hydrogen) atoms. The zero-order valence-electron chi connectivity index (χ0n) is 16.7. The van der Waals surface area contributed by atoms with Gasteiger partial charge in [0.15, 0.2) is 0 Å². The number of ether oxygens (including phenoxy) is 1. The number of halogens is 1. The van der Waals surface area contributed by atoms with E-state index in [-0.39, 0.29) is 5.97 Å². The molecule has 4 heteroatoms. The quantitative estimate of drug-likeness (QED) is 0.646. The molecule has 5 rings (SSSR count). The lowest BCUT2D eigenvalue weighted by molar-refractivity contribution is -0.144. The van der Waals surface area contributed by atoms with Gasteiger partial charge in [-0.2, -0.15) is 0 Å². The molecule has 0 aromatic heterocycles. The monoisotopic (exact) mass is 407 g/mol. The van der Waals surface area contributed by atoms with Gasteiger partial charge in [0, 0.05) is 23.7 Å². The maximum Gasteiger partial charge on any atom is 0.316 e. The second kappa shape index (κ2) is 7.30. The Labute approximate surface area is 177 Å². The van der Waals surface area contributed by atoms with Crippen molar-refractivity contribution in [3.63, 3.8) is 0 Å². The van der Waals surface area contributed by atoms with Gasteiger partial charge in [-0.05, 0) is 60.4 Å². The fourth-order valence-corrected chi connectivity index (χ4v) is 5.65. The molecule has 4 atom stereocenters. The number of carbonyl (C=O) groups excluding carboxylic acids is 1. The van der Waals surface area contributed by atoms with Crippen LogP contribution in [-0.2, 0) is 14.9 Å². The number of rotatable bonds is 5. The lowest BCUT2D eigenvalue weighted by Gasteiger charge is -2.35. The third-order valence-corrected chi connectivity index (χ3v) is 7.38. The highest BCUT2D eigenvalue weighted by molar-refractivity contribution is 6.30. The van der Waals surface area contributed by atoms with Gasteiger partial charge in [0.2, 0.25) is 0 Å². The van der Waals surface area contributed by atoms with Crippen LogP contribution in [0.5, 0.6) is 0 Å². The van der Waals surface area contributed by atoms with E-state index in [0.29, 0.717) is 18.0 Å². The average Bonchev–Trinajstić information content (AvgIpc) is 3.43. The minimum Gasteiger partial charge on any atom is -0.468 e. The molecule has 0 radical (unpaired) electrons. The first-order valence-corrected chi connectivity index (χ1v) is 10.9. The third kappa shape index (κ3) is 3.21. The van der Waals surface area contributed by atoms with Crippen LogP contribution in [0, 0.1) is 5.92 Å². The molecule has 3 nitrogen and oxygen atoms in total. The Morgan fingerprint density at radius 3 is 2.59 bits per heavy atom. The highest BCUT2D eigenvalue weighted by Gasteiger charge is 2.63. The highest BCUT2D eigenvalue weighted by Crippen LogP contribution is 2.56. The molecule has 150 valence electrons. The lowest BCUT2D eigenvalue weighted by atomic mass is 9.91. The molecule has 2 aromatic rings. The molecule has 2 bridgehead atoms. The van der Waals surface area contributed by atoms with Crippen molar-refractivity contribution in [1.29, 1.82) is 0 Å². The van der Waals surface area contributed by atoms with E-state index in [2.05, 4.69) is 35.2 Å². The maximum atomic E-state index is 12.7. The zero-order valence-corrected chi connectivity index (χ0v) is 17.4. The fraction of sp³-hybridized carbons (Fsp3) is 0.400. The molecule has 2 aliphatic heterocycles. The Kier molecular flexibility index (Phi) is 4.76. The molecule has 2 unspecified atom stereocenters. The van der Waals surface area contributed by atoms with Crippen LogP contribution < -0.4 is 0 Å². The standard InChI is InChI=1S/C25H26ClNO2/c1-29-24(28)25(19-5-3-2-4-6-19)15-20(25)16-27-22-11-12-23(27)14-18(13-22)17-7-9-21(26)10-8-17/h2-10,13,20,22-23H,11-12,14-16H2,1H3/t20-,22?,23?,25+/m1/s1. The minimum atomic E-state index is -0.463. The van der Waals surface area contributed by atoms with Crippen molar-refractivity contribution in [2.75, 3.05) is 13.7 Å². The van der Waals surface area contributed by atoms with Gasteiger partial charge in [-0.3, -0.25) is 9.69 Å². The van der Waals surface area contributed by atoms with E-state index in [4.69, 9.17) is 16.3 Å². The Bertz CT molecular complexity index is 939. The molecule has 1 saturated heterocycles. The van der Waals surface area contributed by atoms with Crippen molar-refractivity contribution in [3.8, 4) is 0 Å². The van der Waals surface area contributed by atoms with Gasteiger partial charge in [0.25, 0.3) is 0 Å². The summed E-state index contributed by atoms with van der Waals surface area (Å²) in [4.78, 5) is 15.4. The molecule has 2 aromatic carbocycles. The van der Waals surface area contributed by atoms with Crippen LogP contribution in [-0.4, -0.2) is 36.6 Å². The van der Waals surface area contributed by atoms with Gasteiger partial charge in [0.1, 0.15) is 0 Å². The molecule has 3 aliphatic rings. The zero-order chi connectivity index (χ0) is 20.0. The van der Waals surface area contributed by atoms with E-state index in [0.717, 1.165) is 30.0 Å². The Morgan fingerprint density at radius 1 is 1.14 bits per heavy atom. The van der Waals surface area contributed by atoms with Crippen LogP contribution in [0.1, 0.15) is 36.8 Å². The molecular weight excluding hydrogens is 382 g/mol. The Balaban J connectivity index is 1.36. The topological polar surface area (TPSA) is 29.5 Å². The number of nitrogens with zero attached hydrogens (tertiary/aromatic N) is 1. The van der Waals surface area contributed by atoms with Crippen LogP contribution in [0.4, 0.5) is 0 Å². The summed E-state index contributed by atoms with van der Waals surface area (Å²) in [6, 6.07) is 19.4. The largest absolute Gasteiger partial charge is 0.468 e. The van der Waals surface area contributed by atoms with E-state index < -0.39 is 5.41 Å². The van der Waals surface area contributed by atoms with Gasteiger partial charge in [-0.25, -0.2) is 0 Å². The predicted molar refractivity (Wildman–Crippen MR) is 116 cm³/mol. The van der Waals surface area contributed by atoms with Crippen molar-refractivity contribution >= 4 is 23.1 Å². The summed E-state index contributed by atoms with van der Waals surface area (Å²) in [5, 5.41) is 0.781. The van der Waals surface area contributed by atoms with Crippen molar-refractivity contribution in [3.05, 3.63) is 76.8 Å². The van der Waals surface area contributed by atoms with Crippen LogP contribution in [0.15, 0.2) is 60.7 Å². The van der Waals surface area contributed by atoms with E-state index in [1.807, 2.05) is 30.3 Å². The first-order valence-electron chi connectivity index (χ1n) is 10.5. The van der Waals surface area contributed by atoms with E-state index >= 15 is 0 Å². The van der Waals surface area contributed by atoms with Crippen molar-refractivity contribution < 1.29 is 9.53 Å². The van der Waals surface area contributed by atoms with Crippen LogP contribution in [0.25, 0.3) is 5.57 Å². The van der Waals surface area contributed by atoms with Crippen molar-refractivity contribution in [1.82, 2.24) is 4.90 Å². The molecule has 1 saturated carbocycles. The number of carbonyl (C=O) groups is 1. The summed E-state index contributed by atoms with van der Waals surface area (Å²) in [6.45, 7) is 0.962. The first-order chi connectivity index (χ1) is 14.1. The smallest absolute Gasteiger partial charge is 0.316 e. The predicted octanol–water partition coefficient (Wildman–Crippen LogP) is 5.09. The number of benzene rings is 2. The van der Waals surface area contributed by atoms with Crippen LogP contribution >= 0.6 is 11.6 Å².